The lowest BCUT2D eigenvalue weighted by atomic mass is 9.99. The molecule has 0 aromatic heterocycles. The van der Waals surface area contributed by atoms with Crippen LogP contribution in [0.2, 0.25) is 0 Å². The largest absolute Gasteiger partial charge is 0.348 e. The number of likely N-dealkylation sites (tertiary alicyclic amines) is 1. The predicted molar refractivity (Wildman–Crippen MR) is 163 cm³/mol. The first kappa shape index (κ1) is 29.5. The maximum Gasteiger partial charge on any atom is 0.251 e. The number of hydrogen-bond acceptors (Lipinski definition) is 5. The summed E-state index contributed by atoms with van der Waals surface area (Å²) in [4.78, 5) is 18.0. The summed E-state index contributed by atoms with van der Waals surface area (Å²) in [6, 6.07) is 23.3. The zero-order chi connectivity index (χ0) is 28.8. The van der Waals surface area contributed by atoms with Gasteiger partial charge in [-0.05, 0) is 73.2 Å². The van der Waals surface area contributed by atoms with Gasteiger partial charge >= 0.3 is 0 Å². The second kappa shape index (κ2) is 13.3. The van der Waals surface area contributed by atoms with Crippen molar-refractivity contribution in [2.24, 2.45) is 5.92 Å². The molecule has 3 aromatic carbocycles. The van der Waals surface area contributed by atoms with E-state index in [2.05, 4.69) is 46.3 Å². The van der Waals surface area contributed by atoms with Gasteiger partial charge in [-0.15, -0.1) is 0 Å². The molecule has 0 spiro atoms. The lowest BCUT2D eigenvalue weighted by Crippen LogP contribution is -2.48. The molecule has 5 rings (SSSR count). The first-order chi connectivity index (χ1) is 19.8. The second-order valence-corrected chi connectivity index (χ2v) is 13.6. The molecule has 0 saturated carbocycles. The second-order valence-electron chi connectivity index (χ2n) is 11.7. The number of piperazine rings is 1. The van der Waals surface area contributed by atoms with Gasteiger partial charge in [0.05, 0.1) is 4.90 Å². The van der Waals surface area contributed by atoms with Crippen molar-refractivity contribution in [1.82, 2.24) is 19.4 Å². The highest BCUT2D eigenvalue weighted by Gasteiger charge is 2.28. The standard InChI is InChI=1S/C33H42N4O3S/c1-26-8-14-32(15-9-26)41(39,40)37-19-17-35(18-20-37)24-28-10-12-31(13-11-28)33(38)34-22-29-6-3-7-30(21-29)25-36-16-4-5-27(2)23-36/h3,6-15,21,27H,4-5,16-20,22-25H2,1-2H3,(H,34,38). The fourth-order valence-corrected chi connectivity index (χ4v) is 7.24. The summed E-state index contributed by atoms with van der Waals surface area (Å²) in [5.41, 5.74) is 5.20. The minimum Gasteiger partial charge on any atom is -0.348 e. The lowest BCUT2D eigenvalue weighted by Gasteiger charge is -2.34. The van der Waals surface area contributed by atoms with Crippen molar-refractivity contribution in [2.45, 2.75) is 51.2 Å². The highest BCUT2D eigenvalue weighted by molar-refractivity contribution is 7.89. The Kier molecular flexibility index (Phi) is 9.55. The van der Waals surface area contributed by atoms with Crippen LogP contribution in [0.1, 0.15) is 52.4 Å². The van der Waals surface area contributed by atoms with E-state index in [0.717, 1.165) is 48.8 Å². The molecule has 1 unspecified atom stereocenters. The molecule has 2 fully saturated rings. The molecule has 1 amide bonds. The van der Waals surface area contributed by atoms with Crippen LogP contribution in [0.5, 0.6) is 0 Å². The lowest BCUT2D eigenvalue weighted by molar-refractivity contribution is 0.0951. The van der Waals surface area contributed by atoms with Gasteiger partial charge in [-0.1, -0.05) is 61.0 Å². The van der Waals surface area contributed by atoms with Crippen LogP contribution in [0.15, 0.2) is 77.7 Å². The number of aryl methyl sites for hydroxylation is 1. The topological polar surface area (TPSA) is 73.0 Å². The maximum absolute atomic E-state index is 13.0. The Balaban J connectivity index is 1.08. The molecule has 0 bridgehead atoms. The molecule has 8 heteroatoms. The summed E-state index contributed by atoms with van der Waals surface area (Å²) in [7, 11) is -3.47. The molecule has 2 saturated heterocycles. The van der Waals surface area contributed by atoms with Gasteiger partial charge in [-0.3, -0.25) is 14.6 Å². The highest BCUT2D eigenvalue weighted by Crippen LogP contribution is 2.20. The van der Waals surface area contributed by atoms with Crippen LogP contribution in [0, 0.1) is 12.8 Å². The average molecular weight is 575 g/mol. The third-order valence-electron chi connectivity index (χ3n) is 8.20. The number of nitrogens with one attached hydrogen (secondary N) is 1. The van der Waals surface area contributed by atoms with Crippen molar-refractivity contribution in [3.8, 4) is 0 Å². The predicted octanol–water partition coefficient (Wildman–Crippen LogP) is 4.66. The Hall–Kier alpha value is -3.04. The van der Waals surface area contributed by atoms with E-state index in [1.54, 1.807) is 16.4 Å². The van der Waals surface area contributed by atoms with Gasteiger partial charge in [0, 0.05) is 57.9 Å². The normalized spacial score (nSPS) is 19.2. The average Bonchev–Trinajstić information content (AvgIpc) is 2.97. The monoisotopic (exact) mass is 574 g/mol. The Bertz CT molecular complexity index is 1420. The Morgan fingerprint density at radius 1 is 0.829 bits per heavy atom. The number of carbonyl (C=O) groups is 1. The Labute approximate surface area is 245 Å². The van der Waals surface area contributed by atoms with Gasteiger partial charge in [-0.2, -0.15) is 4.31 Å². The Morgan fingerprint density at radius 2 is 1.51 bits per heavy atom. The van der Waals surface area contributed by atoms with Gasteiger partial charge in [0.2, 0.25) is 10.0 Å². The number of nitrogens with zero attached hydrogens (tertiary/aromatic N) is 3. The molecular weight excluding hydrogens is 532 g/mol. The molecule has 2 aliphatic heterocycles. The van der Waals surface area contributed by atoms with Crippen molar-refractivity contribution >= 4 is 15.9 Å². The summed E-state index contributed by atoms with van der Waals surface area (Å²) in [6.07, 6.45) is 2.59. The van der Waals surface area contributed by atoms with Gasteiger partial charge in [0.25, 0.3) is 5.91 Å². The van der Waals surface area contributed by atoms with Crippen LogP contribution in [-0.4, -0.2) is 67.7 Å². The van der Waals surface area contributed by atoms with E-state index in [-0.39, 0.29) is 5.91 Å². The van der Waals surface area contributed by atoms with E-state index in [0.29, 0.717) is 43.2 Å². The molecule has 2 aliphatic rings. The van der Waals surface area contributed by atoms with Gasteiger partial charge < -0.3 is 5.32 Å². The number of rotatable bonds is 9. The van der Waals surface area contributed by atoms with E-state index in [1.165, 1.54) is 18.4 Å². The molecular formula is C33H42N4O3S. The fourth-order valence-electron chi connectivity index (χ4n) is 5.82. The molecule has 41 heavy (non-hydrogen) atoms. The quantitative estimate of drug-likeness (QED) is 0.403. The molecule has 2 heterocycles. The highest BCUT2D eigenvalue weighted by atomic mass is 32.2. The van der Waals surface area contributed by atoms with Crippen LogP contribution >= 0.6 is 0 Å². The molecule has 1 atom stereocenters. The molecule has 0 radical (unpaired) electrons. The van der Waals surface area contributed by atoms with E-state index in [9.17, 15) is 13.2 Å². The van der Waals surface area contributed by atoms with Crippen LogP contribution < -0.4 is 5.32 Å². The summed E-state index contributed by atoms with van der Waals surface area (Å²) in [6.45, 7) is 11.1. The van der Waals surface area contributed by atoms with Crippen molar-refractivity contribution in [1.29, 1.82) is 0 Å². The van der Waals surface area contributed by atoms with E-state index >= 15 is 0 Å². The van der Waals surface area contributed by atoms with Crippen LogP contribution in [0.25, 0.3) is 0 Å². The third kappa shape index (κ3) is 7.83. The van der Waals surface area contributed by atoms with E-state index in [4.69, 9.17) is 0 Å². The number of carbonyl (C=O) groups excluding carboxylic acids is 1. The van der Waals surface area contributed by atoms with Crippen LogP contribution in [0.4, 0.5) is 0 Å². The van der Waals surface area contributed by atoms with Crippen LogP contribution in [0.3, 0.4) is 0 Å². The Morgan fingerprint density at radius 3 is 2.22 bits per heavy atom. The molecule has 218 valence electrons. The van der Waals surface area contributed by atoms with Crippen molar-refractivity contribution in [3.05, 3.63) is 101 Å². The van der Waals surface area contributed by atoms with Gasteiger partial charge in [-0.25, -0.2) is 8.42 Å². The summed E-state index contributed by atoms with van der Waals surface area (Å²) in [5.74, 6) is 0.679. The summed E-state index contributed by atoms with van der Waals surface area (Å²) in [5, 5.41) is 3.06. The van der Waals surface area contributed by atoms with E-state index < -0.39 is 10.0 Å². The van der Waals surface area contributed by atoms with Crippen LogP contribution in [-0.2, 0) is 29.7 Å². The minimum atomic E-state index is -3.47. The van der Waals surface area contributed by atoms with Gasteiger partial charge in [0.15, 0.2) is 0 Å². The smallest absolute Gasteiger partial charge is 0.251 e. The number of amides is 1. The zero-order valence-corrected chi connectivity index (χ0v) is 25.1. The van der Waals surface area contributed by atoms with Crippen molar-refractivity contribution < 1.29 is 13.2 Å². The SMILES string of the molecule is Cc1ccc(S(=O)(=O)N2CCN(Cc3ccc(C(=O)NCc4cccc(CN5CCCC(C)C5)c4)cc3)CC2)cc1. The summed E-state index contributed by atoms with van der Waals surface area (Å²) >= 11 is 0. The van der Waals surface area contributed by atoms with Crippen molar-refractivity contribution in [3.63, 3.8) is 0 Å². The number of benzene rings is 3. The molecule has 1 N–H and O–H groups in total. The minimum absolute atomic E-state index is 0.0817. The maximum atomic E-state index is 13.0. The first-order valence-electron chi connectivity index (χ1n) is 14.7. The van der Waals surface area contributed by atoms with Gasteiger partial charge in [0.1, 0.15) is 0 Å². The summed E-state index contributed by atoms with van der Waals surface area (Å²) < 4.78 is 27.5. The molecule has 3 aromatic rings. The number of sulfonamides is 1. The zero-order valence-electron chi connectivity index (χ0n) is 24.3. The van der Waals surface area contributed by atoms with E-state index in [1.807, 2.05) is 43.3 Å². The number of hydrogen-bond donors (Lipinski definition) is 1. The fraction of sp³-hybridized carbons (Fsp3) is 0.424. The molecule has 0 aliphatic carbocycles. The first-order valence-corrected chi connectivity index (χ1v) is 16.2. The van der Waals surface area contributed by atoms with Crippen molar-refractivity contribution in [2.75, 3.05) is 39.3 Å². The third-order valence-corrected chi connectivity index (χ3v) is 10.1. The molecule has 7 nitrogen and oxygen atoms in total. The number of piperidine rings is 1.